The standard InChI is InChI=1S/C17H28N4OS/c1-5-12-21-14(4)18-19-17(21)23-13(3)16(22)20(6-2)15-10-8-7-9-11-15/h5,13,15H,1,6-12H2,2-4H3. The van der Waals surface area contributed by atoms with E-state index in [2.05, 4.69) is 28.6 Å². The third-order valence-corrected chi connectivity index (χ3v) is 5.55. The number of allylic oxidation sites excluding steroid dienone is 1. The number of nitrogens with zero attached hydrogens (tertiary/aromatic N) is 4. The zero-order valence-corrected chi connectivity index (χ0v) is 15.3. The largest absolute Gasteiger partial charge is 0.339 e. The average Bonchev–Trinajstić information content (AvgIpc) is 2.90. The van der Waals surface area contributed by atoms with Gasteiger partial charge in [0, 0.05) is 19.1 Å². The zero-order chi connectivity index (χ0) is 16.8. The second-order valence-electron chi connectivity index (χ2n) is 6.11. The Balaban J connectivity index is 2.04. The normalized spacial score (nSPS) is 17.0. The number of hydrogen-bond acceptors (Lipinski definition) is 4. The van der Waals surface area contributed by atoms with Crippen molar-refractivity contribution < 1.29 is 4.79 Å². The van der Waals surface area contributed by atoms with Crippen LogP contribution in [0.15, 0.2) is 17.8 Å². The smallest absolute Gasteiger partial charge is 0.236 e. The lowest BCUT2D eigenvalue weighted by Crippen LogP contribution is -2.44. The predicted octanol–water partition coefficient (Wildman–Crippen LogP) is 3.43. The Hall–Kier alpha value is -1.30. The lowest BCUT2D eigenvalue weighted by Gasteiger charge is -2.35. The molecule has 0 bridgehead atoms. The fourth-order valence-corrected chi connectivity index (χ4v) is 4.19. The topological polar surface area (TPSA) is 51.0 Å². The molecular weight excluding hydrogens is 308 g/mol. The molecule has 0 aliphatic heterocycles. The Labute approximate surface area is 143 Å². The Morgan fingerprint density at radius 2 is 2.13 bits per heavy atom. The van der Waals surface area contributed by atoms with Gasteiger partial charge in [-0.3, -0.25) is 4.79 Å². The van der Waals surface area contributed by atoms with E-state index in [9.17, 15) is 4.79 Å². The predicted molar refractivity (Wildman–Crippen MR) is 94.5 cm³/mol. The van der Waals surface area contributed by atoms with Gasteiger partial charge in [0.15, 0.2) is 5.16 Å². The van der Waals surface area contributed by atoms with Gasteiger partial charge in [-0.1, -0.05) is 37.1 Å². The van der Waals surface area contributed by atoms with E-state index in [1.54, 1.807) is 0 Å². The fourth-order valence-electron chi connectivity index (χ4n) is 3.22. The molecular formula is C17H28N4OS. The summed E-state index contributed by atoms with van der Waals surface area (Å²) in [6.45, 7) is 11.2. The molecule has 1 heterocycles. The van der Waals surface area contributed by atoms with Crippen LogP contribution in [0.2, 0.25) is 0 Å². The first-order valence-electron chi connectivity index (χ1n) is 8.56. The molecule has 2 rings (SSSR count). The monoisotopic (exact) mass is 336 g/mol. The van der Waals surface area contributed by atoms with Gasteiger partial charge in [-0.05, 0) is 33.6 Å². The zero-order valence-electron chi connectivity index (χ0n) is 14.5. The molecule has 0 N–H and O–H groups in total. The van der Waals surface area contributed by atoms with Gasteiger partial charge in [0.05, 0.1) is 5.25 Å². The second kappa shape index (κ2) is 8.52. The van der Waals surface area contributed by atoms with Crippen molar-refractivity contribution in [1.82, 2.24) is 19.7 Å². The van der Waals surface area contributed by atoms with Crippen molar-refractivity contribution in [1.29, 1.82) is 0 Å². The first kappa shape index (κ1) is 18.0. The number of hydrogen-bond donors (Lipinski definition) is 0. The summed E-state index contributed by atoms with van der Waals surface area (Å²) in [7, 11) is 0. The molecule has 1 aromatic heterocycles. The molecule has 23 heavy (non-hydrogen) atoms. The molecule has 0 aromatic carbocycles. The van der Waals surface area contributed by atoms with Gasteiger partial charge in [0.2, 0.25) is 5.91 Å². The molecule has 128 valence electrons. The Morgan fingerprint density at radius 3 is 2.74 bits per heavy atom. The van der Waals surface area contributed by atoms with Crippen LogP contribution in [0.1, 0.15) is 51.8 Å². The number of amides is 1. The van der Waals surface area contributed by atoms with Gasteiger partial charge < -0.3 is 9.47 Å². The Kier molecular flexibility index (Phi) is 6.69. The van der Waals surface area contributed by atoms with Crippen molar-refractivity contribution in [3.05, 3.63) is 18.5 Å². The molecule has 5 nitrogen and oxygen atoms in total. The summed E-state index contributed by atoms with van der Waals surface area (Å²) < 4.78 is 2.00. The number of thioether (sulfide) groups is 1. The molecule has 6 heteroatoms. The molecule has 1 aliphatic rings. The lowest BCUT2D eigenvalue weighted by atomic mass is 9.94. The Morgan fingerprint density at radius 1 is 1.43 bits per heavy atom. The minimum absolute atomic E-state index is 0.149. The summed E-state index contributed by atoms with van der Waals surface area (Å²) in [4.78, 5) is 14.9. The van der Waals surface area contributed by atoms with Crippen molar-refractivity contribution in [2.24, 2.45) is 0 Å². The van der Waals surface area contributed by atoms with E-state index < -0.39 is 0 Å². The van der Waals surface area contributed by atoms with E-state index in [-0.39, 0.29) is 11.2 Å². The summed E-state index contributed by atoms with van der Waals surface area (Å²) in [5.74, 6) is 1.07. The maximum absolute atomic E-state index is 12.9. The van der Waals surface area contributed by atoms with Crippen molar-refractivity contribution in [3.8, 4) is 0 Å². The minimum Gasteiger partial charge on any atom is -0.339 e. The van der Waals surface area contributed by atoms with E-state index in [4.69, 9.17) is 0 Å². The van der Waals surface area contributed by atoms with Gasteiger partial charge in [-0.2, -0.15) is 0 Å². The highest BCUT2D eigenvalue weighted by atomic mass is 32.2. The van der Waals surface area contributed by atoms with Crippen molar-refractivity contribution in [2.75, 3.05) is 6.54 Å². The molecule has 0 radical (unpaired) electrons. The van der Waals surface area contributed by atoms with Gasteiger partial charge in [-0.15, -0.1) is 16.8 Å². The van der Waals surface area contributed by atoms with Crippen LogP contribution < -0.4 is 0 Å². The van der Waals surface area contributed by atoms with Crippen LogP contribution in [-0.4, -0.2) is 43.4 Å². The highest BCUT2D eigenvalue weighted by molar-refractivity contribution is 8.00. The van der Waals surface area contributed by atoms with Gasteiger partial charge >= 0.3 is 0 Å². The third-order valence-electron chi connectivity index (χ3n) is 4.48. The van der Waals surface area contributed by atoms with Crippen LogP contribution in [0.5, 0.6) is 0 Å². The number of aryl methyl sites for hydroxylation is 1. The summed E-state index contributed by atoms with van der Waals surface area (Å²) in [5, 5.41) is 8.98. The lowest BCUT2D eigenvalue weighted by molar-refractivity contribution is -0.133. The number of aromatic nitrogens is 3. The maximum atomic E-state index is 12.9. The van der Waals surface area contributed by atoms with Crippen LogP contribution in [0.4, 0.5) is 0 Å². The van der Waals surface area contributed by atoms with E-state index in [1.807, 2.05) is 24.5 Å². The Bertz CT molecular complexity index is 537. The SMILES string of the molecule is C=CCn1c(C)nnc1SC(C)C(=O)N(CC)C1CCCCC1. The molecule has 1 amide bonds. The van der Waals surface area contributed by atoms with Crippen molar-refractivity contribution >= 4 is 17.7 Å². The van der Waals surface area contributed by atoms with E-state index in [0.29, 0.717) is 12.6 Å². The first-order chi connectivity index (χ1) is 11.1. The third kappa shape index (κ3) is 4.37. The van der Waals surface area contributed by atoms with Gasteiger partial charge in [0.1, 0.15) is 5.82 Å². The quantitative estimate of drug-likeness (QED) is 0.565. The number of rotatable bonds is 7. The summed E-state index contributed by atoms with van der Waals surface area (Å²) in [6.07, 6.45) is 7.89. The molecule has 1 unspecified atom stereocenters. The van der Waals surface area contributed by atoms with Gasteiger partial charge in [0.25, 0.3) is 0 Å². The van der Waals surface area contributed by atoms with Crippen LogP contribution in [0.3, 0.4) is 0 Å². The molecule has 1 saturated carbocycles. The molecule has 1 fully saturated rings. The van der Waals surface area contributed by atoms with Crippen LogP contribution in [0.25, 0.3) is 0 Å². The minimum atomic E-state index is -0.149. The van der Waals surface area contributed by atoms with Gasteiger partial charge in [-0.25, -0.2) is 0 Å². The van der Waals surface area contributed by atoms with Crippen LogP contribution in [-0.2, 0) is 11.3 Å². The van der Waals surface area contributed by atoms with Crippen LogP contribution >= 0.6 is 11.8 Å². The van der Waals surface area contributed by atoms with E-state index in [0.717, 1.165) is 30.4 Å². The summed E-state index contributed by atoms with van der Waals surface area (Å²) in [6, 6.07) is 0.414. The summed E-state index contributed by atoms with van der Waals surface area (Å²) >= 11 is 1.50. The average molecular weight is 337 g/mol. The highest BCUT2D eigenvalue weighted by Gasteiger charge is 2.28. The van der Waals surface area contributed by atoms with E-state index >= 15 is 0 Å². The number of carbonyl (C=O) groups excluding carboxylic acids is 1. The number of carbonyl (C=O) groups is 1. The van der Waals surface area contributed by atoms with Crippen LogP contribution in [0, 0.1) is 6.92 Å². The maximum Gasteiger partial charge on any atom is 0.236 e. The first-order valence-corrected chi connectivity index (χ1v) is 9.44. The fraction of sp³-hybridized carbons (Fsp3) is 0.706. The highest BCUT2D eigenvalue weighted by Crippen LogP contribution is 2.27. The van der Waals surface area contributed by atoms with Crippen molar-refractivity contribution in [2.45, 2.75) is 75.9 Å². The summed E-state index contributed by atoms with van der Waals surface area (Å²) in [5.41, 5.74) is 0. The van der Waals surface area contributed by atoms with E-state index in [1.165, 1.54) is 31.0 Å². The molecule has 0 spiro atoms. The second-order valence-corrected chi connectivity index (χ2v) is 7.41. The van der Waals surface area contributed by atoms with Crippen molar-refractivity contribution in [3.63, 3.8) is 0 Å². The molecule has 1 aromatic rings. The molecule has 1 atom stereocenters. The molecule has 0 saturated heterocycles. The molecule has 1 aliphatic carbocycles.